The normalized spacial score (nSPS) is 12.0. The van der Waals surface area contributed by atoms with E-state index in [1.54, 1.807) is 0 Å². The van der Waals surface area contributed by atoms with Crippen molar-refractivity contribution in [2.45, 2.75) is 32.9 Å². The molecule has 0 saturated carbocycles. The van der Waals surface area contributed by atoms with Crippen molar-refractivity contribution < 1.29 is 12.8 Å². The summed E-state index contributed by atoms with van der Waals surface area (Å²) in [6.45, 7) is 5.53. The Labute approximate surface area is 113 Å². The van der Waals surface area contributed by atoms with Gasteiger partial charge in [0.25, 0.3) is 0 Å². The summed E-state index contributed by atoms with van der Waals surface area (Å²) in [6, 6.07) is 0.699. The maximum atomic E-state index is 10.8. The average molecular weight is 291 g/mol. The van der Waals surface area contributed by atoms with Crippen LogP contribution in [0.2, 0.25) is 0 Å². The van der Waals surface area contributed by atoms with E-state index in [1.807, 2.05) is 13.8 Å². The van der Waals surface area contributed by atoms with Gasteiger partial charge in [-0.05, 0) is 6.42 Å². The van der Waals surface area contributed by atoms with E-state index < -0.39 is 10.0 Å². The molecule has 0 bridgehead atoms. The minimum Gasteiger partial charge on any atom is -0.407 e. The lowest BCUT2D eigenvalue weighted by atomic mass is 10.4. The Hall–Kier alpha value is -1.19. The third-order valence-electron chi connectivity index (χ3n) is 2.12. The molecule has 0 aromatic carbocycles. The summed E-state index contributed by atoms with van der Waals surface area (Å²) in [7, 11) is -3.12. The molecule has 1 aromatic rings. The summed E-state index contributed by atoms with van der Waals surface area (Å²) in [6.07, 6.45) is 1.77. The molecule has 1 rings (SSSR count). The Morgan fingerprint density at radius 2 is 2.00 bits per heavy atom. The zero-order valence-electron chi connectivity index (χ0n) is 11.4. The van der Waals surface area contributed by atoms with Crippen molar-refractivity contribution >= 4 is 16.0 Å². The summed E-state index contributed by atoms with van der Waals surface area (Å²) in [5.74, 6) is 0.519. The van der Waals surface area contributed by atoms with E-state index in [-0.39, 0.29) is 0 Å². The van der Waals surface area contributed by atoms with Crippen LogP contribution in [0.1, 0.15) is 26.2 Å². The van der Waals surface area contributed by atoms with Gasteiger partial charge in [0.05, 0.1) is 12.8 Å². The van der Waals surface area contributed by atoms with Gasteiger partial charge in [0, 0.05) is 19.1 Å². The second-order valence-electron chi connectivity index (χ2n) is 4.48. The molecule has 0 unspecified atom stereocenters. The number of nitrogens with one attached hydrogen (secondary N) is 3. The minimum absolute atomic E-state index is 0.347. The van der Waals surface area contributed by atoms with Crippen LogP contribution in [0.4, 0.5) is 6.01 Å². The number of hydrogen-bond donors (Lipinski definition) is 3. The summed E-state index contributed by atoms with van der Waals surface area (Å²) in [5.41, 5.74) is 0. The van der Waals surface area contributed by atoms with Crippen LogP contribution in [-0.4, -0.2) is 44.0 Å². The first-order valence-corrected chi connectivity index (χ1v) is 8.00. The lowest BCUT2D eigenvalue weighted by molar-refractivity contribution is 0.458. The molecule has 0 radical (unpaired) electrons. The molecule has 0 spiro atoms. The Morgan fingerprint density at radius 3 is 2.63 bits per heavy atom. The second kappa shape index (κ2) is 7.41. The molecule has 3 N–H and O–H groups in total. The number of hydrogen-bond acceptors (Lipinski definition) is 7. The summed E-state index contributed by atoms with van der Waals surface area (Å²) >= 11 is 0. The maximum Gasteiger partial charge on any atom is 0.315 e. The molecular formula is C10H21N5O3S. The first-order valence-electron chi connectivity index (χ1n) is 6.11. The largest absolute Gasteiger partial charge is 0.407 e. The van der Waals surface area contributed by atoms with Gasteiger partial charge in [0.2, 0.25) is 15.9 Å². The topological polar surface area (TPSA) is 109 Å². The average Bonchev–Trinajstić information content (AvgIpc) is 2.72. The highest BCUT2D eigenvalue weighted by Gasteiger charge is 2.05. The van der Waals surface area contributed by atoms with Crippen LogP contribution in [0.25, 0.3) is 0 Å². The van der Waals surface area contributed by atoms with Gasteiger partial charge in [-0.15, -0.1) is 5.10 Å². The Morgan fingerprint density at radius 1 is 1.26 bits per heavy atom. The van der Waals surface area contributed by atoms with E-state index in [1.165, 1.54) is 0 Å². The van der Waals surface area contributed by atoms with E-state index in [0.717, 1.165) is 6.26 Å². The molecule has 8 nitrogen and oxygen atoms in total. The fourth-order valence-corrected chi connectivity index (χ4v) is 1.74. The highest BCUT2D eigenvalue weighted by molar-refractivity contribution is 7.88. The molecule has 1 heterocycles. The molecule has 110 valence electrons. The smallest absolute Gasteiger partial charge is 0.315 e. The fraction of sp³-hybridized carbons (Fsp3) is 0.800. The van der Waals surface area contributed by atoms with Crippen LogP contribution < -0.4 is 15.4 Å². The van der Waals surface area contributed by atoms with Gasteiger partial charge in [-0.1, -0.05) is 18.9 Å². The Balaban J connectivity index is 2.19. The third-order valence-corrected chi connectivity index (χ3v) is 2.85. The molecule has 0 fully saturated rings. The van der Waals surface area contributed by atoms with Crippen LogP contribution in [0.15, 0.2) is 4.42 Å². The number of aromatic nitrogens is 2. The zero-order valence-corrected chi connectivity index (χ0v) is 12.2. The van der Waals surface area contributed by atoms with Gasteiger partial charge in [0.15, 0.2) is 0 Å². The lowest BCUT2D eigenvalue weighted by Gasteiger charge is -2.04. The van der Waals surface area contributed by atoms with Crippen LogP contribution in [0, 0.1) is 0 Å². The molecule has 0 atom stereocenters. The standard InChI is InChI=1S/C10H21N5O3S/c1-8(2)12-7-9-14-15-10(18-9)11-5-4-6-13-19(3,16)17/h8,12-13H,4-7H2,1-3H3,(H,11,15). The first kappa shape index (κ1) is 15.9. The summed E-state index contributed by atoms with van der Waals surface area (Å²) < 4.78 is 29.4. The number of anilines is 1. The first-order chi connectivity index (χ1) is 8.87. The predicted molar refractivity (Wildman–Crippen MR) is 72.2 cm³/mol. The quantitative estimate of drug-likeness (QED) is 0.546. The molecule has 9 heteroatoms. The van der Waals surface area contributed by atoms with Crippen molar-refractivity contribution in [2.24, 2.45) is 0 Å². The number of sulfonamides is 1. The molecule has 0 amide bonds. The fourth-order valence-electron chi connectivity index (χ4n) is 1.23. The Kier molecular flexibility index (Phi) is 6.19. The van der Waals surface area contributed by atoms with E-state index >= 15 is 0 Å². The summed E-state index contributed by atoms with van der Waals surface area (Å²) in [5, 5.41) is 13.8. The molecule has 19 heavy (non-hydrogen) atoms. The van der Waals surface area contributed by atoms with Crippen molar-refractivity contribution in [1.82, 2.24) is 20.2 Å². The van der Waals surface area contributed by atoms with Gasteiger partial charge in [-0.2, -0.15) is 0 Å². The highest BCUT2D eigenvalue weighted by Crippen LogP contribution is 2.05. The Bertz CT molecular complexity index is 471. The van der Waals surface area contributed by atoms with Gasteiger partial charge in [0.1, 0.15) is 0 Å². The van der Waals surface area contributed by atoms with E-state index in [0.29, 0.717) is 44.0 Å². The van der Waals surface area contributed by atoms with E-state index in [2.05, 4.69) is 25.6 Å². The molecule has 0 aliphatic heterocycles. The minimum atomic E-state index is -3.12. The monoisotopic (exact) mass is 291 g/mol. The van der Waals surface area contributed by atoms with E-state index in [4.69, 9.17) is 4.42 Å². The third kappa shape index (κ3) is 7.75. The van der Waals surface area contributed by atoms with Gasteiger partial charge in [-0.3, -0.25) is 0 Å². The van der Waals surface area contributed by atoms with Gasteiger partial charge >= 0.3 is 6.01 Å². The SMILES string of the molecule is CC(C)NCc1nnc(NCCCNS(C)(=O)=O)o1. The number of rotatable bonds is 9. The van der Waals surface area contributed by atoms with Crippen LogP contribution in [0.5, 0.6) is 0 Å². The maximum absolute atomic E-state index is 10.8. The van der Waals surface area contributed by atoms with Crippen molar-refractivity contribution in [1.29, 1.82) is 0 Å². The van der Waals surface area contributed by atoms with Gasteiger partial charge in [-0.25, -0.2) is 13.1 Å². The van der Waals surface area contributed by atoms with Crippen molar-refractivity contribution in [3.8, 4) is 0 Å². The molecular weight excluding hydrogens is 270 g/mol. The van der Waals surface area contributed by atoms with Crippen molar-refractivity contribution in [2.75, 3.05) is 24.7 Å². The highest BCUT2D eigenvalue weighted by atomic mass is 32.2. The lowest BCUT2D eigenvalue weighted by Crippen LogP contribution is -2.24. The second-order valence-corrected chi connectivity index (χ2v) is 6.32. The van der Waals surface area contributed by atoms with Crippen molar-refractivity contribution in [3.05, 3.63) is 5.89 Å². The molecule has 0 aliphatic carbocycles. The van der Waals surface area contributed by atoms with Crippen LogP contribution in [0.3, 0.4) is 0 Å². The molecule has 0 saturated heterocycles. The van der Waals surface area contributed by atoms with Gasteiger partial charge < -0.3 is 15.1 Å². The molecule has 1 aromatic heterocycles. The zero-order chi connectivity index (χ0) is 14.3. The summed E-state index contributed by atoms with van der Waals surface area (Å²) in [4.78, 5) is 0. The predicted octanol–water partition coefficient (Wildman–Crippen LogP) is -0.0812. The van der Waals surface area contributed by atoms with E-state index in [9.17, 15) is 8.42 Å². The number of nitrogens with zero attached hydrogens (tertiary/aromatic N) is 2. The van der Waals surface area contributed by atoms with Crippen LogP contribution >= 0.6 is 0 Å². The van der Waals surface area contributed by atoms with Crippen molar-refractivity contribution in [3.63, 3.8) is 0 Å². The van der Waals surface area contributed by atoms with Crippen LogP contribution in [-0.2, 0) is 16.6 Å². The molecule has 0 aliphatic rings.